The molecule has 1 heterocycles. The summed E-state index contributed by atoms with van der Waals surface area (Å²) in [6.45, 7) is 8.30. The van der Waals surface area contributed by atoms with E-state index in [1.165, 1.54) is 12.0 Å². The number of nitrogens with one attached hydrogen (secondary N) is 1. The fourth-order valence-corrected chi connectivity index (χ4v) is 3.57. The van der Waals surface area contributed by atoms with Gasteiger partial charge in [-0.25, -0.2) is 0 Å². The maximum absolute atomic E-state index is 13.3. The molecule has 6 nitrogen and oxygen atoms in total. The van der Waals surface area contributed by atoms with Crippen LogP contribution in [0.4, 0.5) is 5.69 Å². The Morgan fingerprint density at radius 3 is 2.23 bits per heavy atom. The highest BCUT2D eigenvalue weighted by atomic mass is 16.5. The van der Waals surface area contributed by atoms with E-state index in [0.29, 0.717) is 29.2 Å². The van der Waals surface area contributed by atoms with Gasteiger partial charge in [-0.2, -0.15) is 0 Å². The third-order valence-electron chi connectivity index (χ3n) is 5.03. The van der Waals surface area contributed by atoms with Gasteiger partial charge in [-0.05, 0) is 49.1 Å². The highest BCUT2D eigenvalue weighted by Crippen LogP contribution is 2.36. The van der Waals surface area contributed by atoms with Crippen LogP contribution in [0.5, 0.6) is 11.5 Å². The van der Waals surface area contributed by atoms with Crippen LogP contribution >= 0.6 is 0 Å². The number of benzene rings is 2. The van der Waals surface area contributed by atoms with Gasteiger partial charge in [0.05, 0.1) is 19.8 Å². The van der Waals surface area contributed by atoms with Crippen LogP contribution in [0.1, 0.15) is 30.5 Å². The topological polar surface area (TPSA) is 67.9 Å². The SMILES string of the molecule is COc1ccc(C2=C(Nc3ccc(C)cc3C)C(=O)N(CC(C)C)C2=O)cc1OC. The average molecular weight is 408 g/mol. The summed E-state index contributed by atoms with van der Waals surface area (Å²) >= 11 is 0. The number of nitrogens with zero attached hydrogens (tertiary/aromatic N) is 1. The average Bonchev–Trinajstić information content (AvgIpc) is 2.93. The Balaban J connectivity index is 2.13. The number of carbonyl (C=O) groups excluding carboxylic acids is 2. The van der Waals surface area contributed by atoms with Gasteiger partial charge in [-0.15, -0.1) is 0 Å². The van der Waals surface area contributed by atoms with Crippen molar-refractivity contribution < 1.29 is 19.1 Å². The van der Waals surface area contributed by atoms with Crippen LogP contribution in [-0.4, -0.2) is 37.5 Å². The first-order chi connectivity index (χ1) is 14.3. The molecule has 0 bridgehead atoms. The molecule has 2 aromatic rings. The van der Waals surface area contributed by atoms with E-state index in [1.807, 2.05) is 45.9 Å². The quantitative estimate of drug-likeness (QED) is 0.697. The summed E-state index contributed by atoms with van der Waals surface area (Å²) in [5.41, 5.74) is 4.13. The second-order valence-corrected chi connectivity index (χ2v) is 7.88. The van der Waals surface area contributed by atoms with E-state index in [9.17, 15) is 9.59 Å². The summed E-state index contributed by atoms with van der Waals surface area (Å²) in [5, 5.41) is 3.23. The predicted molar refractivity (Wildman–Crippen MR) is 118 cm³/mol. The van der Waals surface area contributed by atoms with Gasteiger partial charge in [-0.3, -0.25) is 14.5 Å². The number of hydrogen-bond donors (Lipinski definition) is 1. The van der Waals surface area contributed by atoms with Gasteiger partial charge in [0.2, 0.25) is 0 Å². The van der Waals surface area contributed by atoms with E-state index < -0.39 is 0 Å². The molecule has 0 fully saturated rings. The Morgan fingerprint density at radius 2 is 1.63 bits per heavy atom. The fraction of sp³-hybridized carbons (Fsp3) is 0.333. The van der Waals surface area contributed by atoms with Crippen LogP contribution in [-0.2, 0) is 9.59 Å². The summed E-state index contributed by atoms with van der Waals surface area (Å²) in [4.78, 5) is 27.8. The molecule has 0 spiro atoms. The first kappa shape index (κ1) is 21.4. The van der Waals surface area contributed by atoms with Crippen molar-refractivity contribution in [1.82, 2.24) is 4.90 Å². The number of carbonyl (C=O) groups is 2. The zero-order chi connectivity index (χ0) is 22.0. The zero-order valence-electron chi connectivity index (χ0n) is 18.3. The van der Waals surface area contributed by atoms with Gasteiger partial charge in [0.1, 0.15) is 5.70 Å². The monoisotopic (exact) mass is 408 g/mol. The standard InChI is InChI=1S/C24H28N2O4/c1-14(2)13-26-23(27)21(17-8-10-19(29-5)20(12-17)30-6)22(24(26)28)25-18-9-7-15(3)11-16(18)4/h7-12,14,25H,13H2,1-6H3. The second kappa shape index (κ2) is 8.61. The molecule has 1 N–H and O–H groups in total. The Labute approximate surface area is 177 Å². The lowest BCUT2D eigenvalue weighted by Crippen LogP contribution is -2.35. The number of imide groups is 1. The van der Waals surface area contributed by atoms with Crippen LogP contribution in [0.25, 0.3) is 5.57 Å². The van der Waals surface area contributed by atoms with Crippen molar-refractivity contribution in [1.29, 1.82) is 0 Å². The van der Waals surface area contributed by atoms with Crippen LogP contribution in [0.2, 0.25) is 0 Å². The lowest BCUT2D eigenvalue weighted by molar-refractivity contribution is -0.137. The molecule has 6 heteroatoms. The van der Waals surface area contributed by atoms with Crippen molar-refractivity contribution in [2.75, 3.05) is 26.1 Å². The van der Waals surface area contributed by atoms with Gasteiger partial charge in [-0.1, -0.05) is 37.6 Å². The van der Waals surface area contributed by atoms with Crippen LogP contribution in [0.3, 0.4) is 0 Å². The maximum atomic E-state index is 13.3. The van der Waals surface area contributed by atoms with Crippen molar-refractivity contribution in [3.8, 4) is 11.5 Å². The Kier molecular flexibility index (Phi) is 6.15. The molecule has 0 aliphatic carbocycles. The Hall–Kier alpha value is -3.28. The summed E-state index contributed by atoms with van der Waals surface area (Å²) in [6, 6.07) is 11.2. The molecule has 2 amide bonds. The van der Waals surface area contributed by atoms with Crippen LogP contribution in [0.15, 0.2) is 42.1 Å². The highest BCUT2D eigenvalue weighted by Gasteiger charge is 2.39. The minimum Gasteiger partial charge on any atom is -0.493 e. The molecule has 0 radical (unpaired) electrons. The van der Waals surface area contributed by atoms with Crippen molar-refractivity contribution in [2.45, 2.75) is 27.7 Å². The van der Waals surface area contributed by atoms with Gasteiger partial charge in [0, 0.05) is 12.2 Å². The van der Waals surface area contributed by atoms with Crippen molar-refractivity contribution in [3.05, 3.63) is 58.8 Å². The van der Waals surface area contributed by atoms with Gasteiger partial charge < -0.3 is 14.8 Å². The highest BCUT2D eigenvalue weighted by molar-refractivity contribution is 6.36. The number of rotatable bonds is 7. The normalized spacial score (nSPS) is 14.0. The number of hydrogen-bond acceptors (Lipinski definition) is 5. The molecule has 0 atom stereocenters. The first-order valence-electron chi connectivity index (χ1n) is 9.94. The maximum Gasteiger partial charge on any atom is 0.278 e. The van der Waals surface area contributed by atoms with E-state index in [1.54, 1.807) is 25.3 Å². The number of aryl methyl sites for hydroxylation is 2. The summed E-state index contributed by atoms with van der Waals surface area (Å²) in [5.74, 6) is 0.578. The largest absolute Gasteiger partial charge is 0.493 e. The van der Waals surface area contributed by atoms with Gasteiger partial charge >= 0.3 is 0 Å². The summed E-state index contributed by atoms with van der Waals surface area (Å²) in [6.07, 6.45) is 0. The number of anilines is 1. The number of methoxy groups -OCH3 is 2. The Bertz CT molecular complexity index is 1020. The van der Waals surface area contributed by atoms with E-state index in [2.05, 4.69) is 5.32 Å². The van der Waals surface area contributed by atoms with E-state index in [-0.39, 0.29) is 23.4 Å². The van der Waals surface area contributed by atoms with Crippen molar-refractivity contribution >= 4 is 23.1 Å². The van der Waals surface area contributed by atoms with Crippen LogP contribution in [0, 0.1) is 19.8 Å². The summed E-state index contributed by atoms with van der Waals surface area (Å²) in [7, 11) is 3.09. The molecule has 2 aromatic carbocycles. The minimum atomic E-state index is -0.321. The smallest absolute Gasteiger partial charge is 0.278 e. The lowest BCUT2D eigenvalue weighted by Gasteiger charge is -2.17. The molecule has 158 valence electrons. The lowest BCUT2D eigenvalue weighted by atomic mass is 10.0. The molecule has 0 saturated carbocycles. The summed E-state index contributed by atoms with van der Waals surface area (Å²) < 4.78 is 10.7. The number of amides is 2. The second-order valence-electron chi connectivity index (χ2n) is 7.88. The van der Waals surface area contributed by atoms with Gasteiger partial charge in [0.15, 0.2) is 11.5 Å². The molecule has 1 aliphatic heterocycles. The van der Waals surface area contributed by atoms with E-state index in [4.69, 9.17) is 9.47 Å². The molecule has 1 aliphatic rings. The zero-order valence-corrected chi connectivity index (χ0v) is 18.3. The van der Waals surface area contributed by atoms with Gasteiger partial charge in [0.25, 0.3) is 11.8 Å². The predicted octanol–water partition coefficient (Wildman–Crippen LogP) is 4.17. The van der Waals surface area contributed by atoms with E-state index >= 15 is 0 Å². The minimum absolute atomic E-state index is 0.157. The Morgan fingerprint density at radius 1 is 0.933 bits per heavy atom. The van der Waals surface area contributed by atoms with Crippen molar-refractivity contribution in [3.63, 3.8) is 0 Å². The molecule has 30 heavy (non-hydrogen) atoms. The third kappa shape index (κ3) is 4.03. The first-order valence-corrected chi connectivity index (χ1v) is 9.94. The molecular weight excluding hydrogens is 380 g/mol. The molecule has 3 rings (SSSR count). The molecule has 0 unspecified atom stereocenters. The molecule has 0 aromatic heterocycles. The van der Waals surface area contributed by atoms with Crippen molar-refractivity contribution in [2.24, 2.45) is 5.92 Å². The number of ether oxygens (including phenoxy) is 2. The fourth-order valence-electron chi connectivity index (χ4n) is 3.57. The molecule has 0 saturated heterocycles. The van der Waals surface area contributed by atoms with E-state index in [0.717, 1.165) is 16.8 Å². The van der Waals surface area contributed by atoms with Crippen LogP contribution < -0.4 is 14.8 Å². The third-order valence-corrected chi connectivity index (χ3v) is 5.03. The molecular formula is C24H28N2O4.